The molecule has 0 aliphatic carbocycles. The van der Waals surface area contributed by atoms with E-state index in [2.05, 4.69) is 10.2 Å². The Balaban J connectivity index is 1.39. The summed E-state index contributed by atoms with van der Waals surface area (Å²) >= 11 is 0. The molecule has 5 heterocycles. The third kappa shape index (κ3) is 3.30. The van der Waals surface area contributed by atoms with Gasteiger partial charge < -0.3 is 19.2 Å². The van der Waals surface area contributed by atoms with Crippen LogP contribution in [-0.2, 0) is 24.3 Å². The molecule has 1 amide bonds. The topological polar surface area (TPSA) is 111 Å². The monoisotopic (exact) mass is 460 g/mol. The van der Waals surface area contributed by atoms with Crippen LogP contribution in [0.5, 0.6) is 0 Å². The molecule has 0 spiro atoms. The average molecular weight is 460 g/mol. The first-order valence-corrected chi connectivity index (χ1v) is 11.5. The highest BCUT2D eigenvalue weighted by Crippen LogP contribution is 2.47. The lowest BCUT2D eigenvalue weighted by atomic mass is 9.70. The fourth-order valence-corrected chi connectivity index (χ4v) is 6.17. The van der Waals surface area contributed by atoms with Gasteiger partial charge in [-0.25, -0.2) is 0 Å². The molecule has 3 aliphatic heterocycles. The van der Waals surface area contributed by atoms with E-state index < -0.39 is 10.8 Å². The van der Waals surface area contributed by atoms with Gasteiger partial charge in [0.05, 0.1) is 23.6 Å². The van der Waals surface area contributed by atoms with Gasteiger partial charge in [-0.3, -0.25) is 19.7 Å². The Hall–Kier alpha value is -3.88. The van der Waals surface area contributed by atoms with Crippen molar-refractivity contribution in [2.75, 3.05) is 11.4 Å². The van der Waals surface area contributed by atoms with E-state index in [0.29, 0.717) is 25.3 Å². The Morgan fingerprint density at radius 2 is 2.06 bits per heavy atom. The summed E-state index contributed by atoms with van der Waals surface area (Å²) in [4.78, 5) is 39.4. The van der Waals surface area contributed by atoms with Gasteiger partial charge in [0, 0.05) is 54.6 Å². The molecular formula is C25H24N4O5. The lowest BCUT2D eigenvalue weighted by Gasteiger charge is -2.54. The second-order valence-corrected chi connectivity index (χ2v) is 9.41. The first-order valence-electron chi connectivity index (χ1n) is 11.5. The van der Waals surface area contributed by atoms with Crippen molar-refractivity contribution in [3.8, 4) is 0 Å². The summed E-state index contributed by atoms with van der Waals surface area (Å²) in [7, 11) is 0. The number of benzene rings is 1. The minimum Gasteiger partial charge on any atom is -0.467 e. The van der Waals surface area contributed by atoms with Crippen LogP contribution in [0.4, 0.5) is 11.4 Å². The lowest BCUT2D eigenvalue weighted by molar-refractivity contribution is -0.384. The molecular weight excluding hydrogens is 436 g/mol. The van der Waals surface area contributed by atoms with Crippen LogP contribution in [0.1, 0.15) is 29.4 Å². The molecule has 3 aliphatic rings. The number of nitro groups is 1. The molecule has 174 valence electrons. The zero-order valence-electron chi connectivity index (χ0n) is 18.4. The van der Waals surface area contributed by atoms with Crippen molar-refractivity contribution in [1.82, 2.24) is 9.88 Å². The van der Waals surface area contributed by atoms with Gasteiger partial charge in [0.15, 0.2) is 0 Å². The van der Waals surface area contributed by atoms with Gasteiger partial charge in [0.25, 0.3) is 11.2 Å². The molecule has 6 rings (SSSR count). The Morgan fingerprint density at radius 3 is 2.85 bits per heavy atom. The summed E-state index contributed by atoms with van der Waals surface area (Å²) in [6.07, 6.45) is 2.90. The molecule has 2 unspecified atom stereocenters. The summed E-state index contributed by atoms with van der Waals surface area (Å²) in [5.74, 6) is 0.453. The van der Waals surface area contributed by atoms with Gasteiger partial charge in [-0.2, -0.15) is 0 Å². The minimum absolute atomic E-state index is 0.00805. The van der Waals surface area contributed by atoms with Crippen molar-refractivity contribution in [2.45, 2.75) is 37.9 Å². The largest absolute Gasteiger partial charge is 0.467 e. The number of furan rings is 1. The standard InChI is InChI=1S/C25H24N4O5/c30-23-5-1-4-21-16-9-17(14-27(21)23)24-20(25(31)26-12-19-3-2-8-34-19)11-15-10-18(29(32)33)6-7-22(15)28(24)13-16/h1-8,10,16-17,20,24H,9,11-14H2,(H,26,31)/t16-,17-,20?,24?/m0/s1. The number of piperidine rings is 1. The highest BCUT2D eigenvalue weighted by atomic mass is 16.6. The number of carbonyl (C=O) groups excluding carboxylic acids is 1. The molecule has 1 aromatic carbocycles. The van der Waals surface area contributed by atoms with E-state index in [1.807, 2.05) is 22.8 Å². The van der Waals surface area contributed by atoms with E-state index in [1.165, 1.54) is 6.07 Å². The smallest absolute Gasteiger partial charge is 0.269 e. The summed E-state index contributed by atoms with van der Waals surface area (Å²) in [5, 5.41) is 14.4. The van der Waals surface area contributed by atoms with Gasteiger partial charge in [-0.1, -0.05) is 6.07 Å². The number of rotatable bonds is 4. The highest BCUT2D eigenvalue weighted by molar-refractivity contribution is 5.82. The normalized spacial score (nSPS) is 24.5. The van der Waals surface area contributed by atoms with Crippen LogP contribution in [0.3, 0.4) is 0 Å². The van der Waals surface area contributed by atoms with Crippen molar-refractivity contribution in [1.29, 1.82) is 0 Å². The molecule has 1 saturated heterocycles. The number of nitrogens with zero attached hydrogens (tertiary/aromatic N) is 3. The van der Waals surface area contributed by atoms with Crippen LogP contribution in [-0.4, -0.2) is 28.0 Å². The van der Waals surface area contributed by atoms with E-state index >= 15 is 0 Å². The summed E-state index contributed by atoms with van der Waals surface area (Å²) in [6.45, 7) is 1.51. The van der Waals surface area contributed by atoms with Crippen LogP contribution in [0.2, 0.25) is 0 Å². The third-order valence-electron chi connectivity index (χ3n) is 7.56. The SMILES string of the molecule is O=C(NCc1ccco1)C1Cc2cc([N+](=O)[O-])ccc2N2C[C@@H]3C[C@@H](Cn4c3cccc4=O)C12. The fraction of sp³-hybridized carbons (Fsp3) is 0.360. The summed E-state index contributed by atoms with van der Waals surface area (Å²) in [6, 6.07) is 13.8. The molecule has 1 fully saturated rings. The lowest BCUT2D eigenvalue weighted by Crippen LogP contribution is -2.61. The van der Waals surface area contributed by atoms with E-state index in [9.17, 15) is 19.7 Å². The summed E-state index contributed by atoms with van der Waals surface area (Å²) in [5.41, 5.74) is 2.81. The Kier molecular flexibility index (Phi) is 4.79. The number of non-ortho nitro benzene ring substituents is 1. The first kappa shape index (κ1) is 20.7. The number of aromatic nitrogens is 1. The maximum absolute atomic E-state index is 13.5. The van der Waals surface area contributed by atoms with E-state index in [1.54, 1.807) is 30.5 Å². The van der Waals surface area contributed by atoms with Crippen LogP contribution in [0.15, 0.2) is 64.0 Å². The number of hydrogen-bond donors (Lipinski definition) is 1. The molecule has 1 N–H and O–H groups in total. The van der Waals surface area contributed by atoms with Crippen molar-refractivity contribution >= 4 is 17.3 Å². The minimum atomic E-state index is -0.397. The Morgan fingerprint density at radius 1 is 1.18 bits per heavy atom. The number of amides is 1. The number of fused-ring (bicyclic) bond motifs is 8. The molecule has 2 aromatic heterocycles. The van der Waals surface area contributed by atoms with E-state index in [4.69, 9.17) is 4.42 Å². The highest BCUT2D eigenvalue weighted by Gasteiger charge is 2.49. The van der Waals surface area contributed by atoms with Crippen LogP contribution in [0.25, 0.3) is 0 Å². The first-order chi connectivity index (χ1) is 16.5. The van der Waals surface area contributed by atoms with Gasteiger partial charge in [-0.15, -0.1) is 0 Å². The number of carbonyl (C=O) groups is 1. The van der Waals surface area contributed by atoms with Gasteiger partial charge in [0.2, 0.25) is 5.91 Å². The van der Waals surface area contributed by atoms with Crippen molar-refractivity contribution in [3.05, 3.63) is 92.3 Å². The van der Waals surface area contributed by atoms with Crippen molar-refractivity contribution in [3.63, 3.8) is 0 Å². The average Bonchev–Trinajstić information content (AvgIpc) is 3.36. The van der Waals surface area contributed by atoms with E-state index in [-0.39, 0.29) is 41.6 Å². The maximum atomic E-state index is 13.5. The molecule has 2 bridgehead atoms. The molecule has 0 radical (unpaired) electrons. The Labute approximate surface area is 195 Å². The van der Waals surface area contributed by atoms with Crippen molar-refractivity contribution in [2.24, 2.45) is 11.8 Å². The maximum Gasteiger partial charge on any atom is 0.269 e. The van der Waals surface area contributed by atoms with Crippen LogP contribution < -0.4 is 15.8 Å². The van der Waals surface area contributed by atoms with Gasteiger partial charge >= 0.3 is 0 Å². The van der Waals surface area contributed by atoms with Gasteiger partial charge in [-0.05, 0) is 48.6 Å². The second kappa shape index (κ2) is 7.86. The van der Waals surface area contributed by atoms with Crippen LogP contribution in [0, 0.1) is 22.0 Å². The van der Waals surface area contributed by atoms with Crippen LogP contribution >= 0.6 is 0 Å². The van der Waals surface area contributed by atoms with Gasteiger partial charge in [0.1, 0.15) is 5.76 Å². The number of nitrogens with one attached hydrogen (secondary N) is 1. The zero-order valence-corrected chi connectivity index (χ0v) is 18.4. The summed E-state index contributed by atoms with van der Waals surface area (Å²) < 4.78 is 7.22. The molecule has 4 atom stereocenters. The molecule has 0 saturated carbocycles. The quantitative estimate of drug-likeness (QED) is 0.474. The number of pyridine rings is 1. The molecule has 9 nitrogen and oxygen atoms in total. The number of nitro benzene ring substituents is 1. The predicted octanol–water partition coefficient (Wildman–Crippen LogP) is 2.83. The Bertz CT molecular complexity index is 1330. The van der Waals surface area contributed by atoms with Crippen molar-refractivity contribution < 1.29 is 14.1 Å². The fourth-order valence-electron chi connectivity index (χ4n) is 6.17. The van der Waals surface area contributed by atoms with E-state index in [0.717, 1.165) is 23.4 Å². The predicted molar refractivity (Wildman–Crippen MR) is 124 cm³/mol. The number of hydrogen-bond acceptors (Lipinski definition) is 6. The molecule has 3 aromatic rings. The molecule has 34 heavy (non-hydrogen) atoms. The number of anilines is 1. The molecule has 9 heteroatoms. The zero-order chi connectivity index (χ0) is 23.4. The third-order valence-corrected chi connectivity index (χ3v) is 7.56. The second-order valence-electron chi connectivity index (χ2n) is 9.41.